The van der Waals surface area contributed by atoms with Crippen LogP contribution in [0.1, 0.15) is 15.9 Å². The van der Waals surface area contributed by atoms with Crippen LogP contribution in [-0.4, -0.2) is 38.6 Å². The fourth-order valence-electron chi connectivity index (χ4n) is 2.04. The molecule has 0 radical (unpaired) electrons. The lowest BCUT2D eigenvalue weighted by Gasteiger charge is -2.12. The molecule has 2 rings (SSSR count). The van der Waals surface area contributed by atoms with Crippen LogP contribution in [0, 0.1) is 0 Å². The van der Waals surface area contributed by atoms with Crippen molar-refractivity contribution in [3.8, 4) is 23.0 Å². The van der Waals surface area contributed by atoms with E-state index in [4.69, 9.17) is 14.2 Å². The van der Waals surface area contributed by atoms with Gasteiger partial charge in [-0.2, -0.15) is 5.10 Å². The molecule has 7 nitrogen and oxygen atoms in total. The number of benzene rings is 2. The highest BCUT2D eigenvalue weighted by Crippen LogP contribution is 2.32. The Morgan fingerprint density at radius 2 is 1.71 bits per heavy atom. The minimum Gasteiger partial charge on any atom is -0.507 e. The maximum atomic E-state index is 12.0. The molecule has 0 saturated carbocycles. The second-order valence-electron chi connectivity index (χ2n) is 4.66. The maximum Gasteiger partial charge on any atom is 0.275 e. The molecule has 0 fully saturated rings. The summed E-state index contributed by atoms with van der Waals surface area (Å²) in [4.78, 5) is 12.0. The van der Waals surface area contributed by atoms with E-state index in [1.165, 1.54) is 39.7 Å². The molecule has 0 aromatic heterocycles. The van der Waals surface area contributed by atoms with Gasteiger partial charge in [0.1, 0.15) is 23.0 Å². The molecule has 24 heavy (non-hydrogen) atoms. The van der Waals surface area contributed by atoms with E-state index in [0.29, 0.717) is 22.8 Å². The standard InChI is InChI=1S/C17H18N2O5/c1-22-11-8-15(23-2)13(16(9-11)24-3)10-18-19-17(21)12-6-4-5-7-14(12)20/h4-10,20H,1-3H3,(H,19,21)/b18-10-. The number of nitrogens with zero attached hydrogens (tertiary/aromatic N) is 1. The third-order valence-electron chi connectivity index (χ3n) is 3.26. The predicted molar refractivity (Wildman–Crippen MR) is 89.3 cm³/mol. The topological polar surface area (TPSA) is 89.4 Å². The van der Waals surface area contributed by atoms with Crippen molar-refractivity contribution < 1.29 is 24.1 Å². The minimum atomic E-state index is -0.532. The van der Waals surface area contributed by atoms with Gasteiger partial charge in [-0.15, -0.1) is 0 Å². The number of hydrogen-bond acceptors (Lipinski definition) is 6. The van der Waals surface area contributed by atoms with Gasteiger partial charge >= 0.3 is 0 Å². The van der Waals surface area contributed by atoms with Crippen LogP contribution in [0.15, 0.2) is 41.5 Å². The Hall–Kier alpha value is -3.22. The van der Waals surface area contributed by atoms with Crippen LogP contribution in [0.4, 0.5) is 0 Å². The molecule has 0 aliphatic heterocycles. The van der Waals surface area contributed by atoms with Crippen molar-refractivity contribution in [1.82, 2.24) is 5.43 Å². The van der Waals surface area contributed by atoms with Crippen molar-refractivity contribution >= 4 is 12.1 Å². The molecule has 2 N–H and O–H groups in total. The largest absolute Gasteiger partial charge is 0.507 e. The third kappa shape index (κ3) is 3.75. The van der Waals surface area contributed by atoms with Crippen molar-refractivity contribution in [1.29, 1.82) is 0 Å². The maximum absolute atomic E-state index is 12.0. The predicted octanol–water partition coefficient (Wildman–Crippen LogP) is 2.18. The molecule has 2 aromatic rings. The Bertz CT molecular complexity index is 733. The van der Waals surface area contributed by atoms with Crippen LogP contribution < -0.4 is 19.6 Å². The zero-order valence-electron chi connectivity index (χ0n) is 13.6. The molecule has 2 aromatic carbocycles. The van der Waals surface area contributed by atoms with Crippen LogP contribution in [0.2, 0.25) is 0 Å². The van der Waals surface area contributed by atoms with Gasteiger partial charge in [-0.05, 0) is 12.1 Å². The first kappa shape index (κ1) is 17.1. The van der Waals surface area contributed by atoms with Gasteiger partial charge in [0.25, 0.3) is 5.91 Å². The summed E-state index contributed by atoms with van der Waals surface area (Å²) in [5.41, 5.74) is 3.02. The molecule has 0 heterocycles. The number of amides is 1. The molecule has 0 aliphatic rings. The second kappa shape index (κ2) is 7.87. The average Bonchev–Trinajstić information content (AvgIpc) is 2.61. The highest BCUT2D eigenvalue weighted by Gasteiger charge is 2.12. The molecule has 126 valence electrons. The summed E-state index contributed by atoms with van der Waals surface area (Å²) in [5.74, 6) is 0.873. The number of nitrogens with one attached hydrogen (secondary N) is 1. The first-order valence-corrected chi connectivity index (χ1v) is 7.02. The highest BCUT2D eigenvalue weighted by molar-refractivity contribution is 5.97. The zero-order valence-corrected chi connectivity index (χ0v) is 13.6. The first-order valence-electron chi connectivity index (χ1n) is 7.02. The summed E-state index contributed by atoms with van der Waals surface area (Å²) in [7, 11) is 4.55. The zero-order chi connectivity index (χ0) is 17.5. The van der Waals surface area contributed by atoms with E-state index >= 15 is 0 Å². The van der Waals surface area contributed by atoms with Gasteiger partial charge in [-0.3, -0.25) is 4.79 Å². The van der Waals surface area contributed by atoms with Gasteiger partial charge in [0.15, 0.2) is 0 Å². The number of carbonyl (C=O) groups is 1. The molecule has 1 amide bonds. The van der Waals surface area contributed by atoms with Crippen LogP contribution in [0.25, 0.3) is 0 Å². The van der Waals surface area contributed by atoms with Crippen molar-refractivity contribution in [2.45, 2.75) is 0 Å². The molecular weight excluding hydrogens is 312 g/mol. The van der Waals surface area contributed by atoms with Gasteiger partial charge in [-0.1, -0.05) is 12.1 Å². The molecule has 0 atom stereocenters. The molecule has 0 aliphatic carbocycles. The molecule has 0 bridgehead atoms. The lowest BCUT2D eigenvalue weighted by atomic mass is 10.2. The molecular formula is C17H18N2O5. The number of aromatic hydroxyl groups is 1. The summed E-state index contributed by atoms with van der Waals surface area (Å²) in [6.45, 7) is 0. The van der Waals surface area contributed by atoms with Crippen LogP contribution in [0.5, 0.6) is 23.0 Å². The number of hydrazone groups is 1. The number of ether oxygens (including phenoxy) is 3. The lowest BCUT2D eigenvalue weighted by Crippen LogP contribution is -2.17. The monoisotopic (exact) mass is 330 g/mol. The Kier molecular flexibility index (Phi) is 5.62. The van der Waals surface area contributed by atoms with Crippen LogP contribution in [-0.2, 0) is 0 Å². The normalized spacial score (nSPS) is 10.5. The van der Waals surface area contributed by atoms with E-state index in [2.05, 4.69) is 10.5 Å². The summed E-state index contributed by atoms with van der Waals surface area (Å²) in [6.07, 6.45) is 1.40. The summed E-state index contributed by atoms with van der Waals surface area (Å²) >= 11 is 0. The summed E-state index contributed by atoms with van der Waals surface area (Å²) in [5, 5.41) is 13.5. The summed E-state index contributed by atoms with van der Waals surface area (Å²) in [6, 6.07) is 9.54. The van der Waals surface area contributed by atoms with Crippen LogP contribution in [0.3, 0.4) is 0 Å². The van der Waals surface area contributed by atoms with Crippen molar-refractivity contribution in [3.63, 3.8) is 0 Å². The van der Waals surface area contributed by atoms with Crippen molar-refractivity contribution in [2.24, 2.45) is 5.10 Å². The van der Waals surface area contributed by atoms with Gasteiger partial charge in [-0.25, -0.2) is 5.43 Å². The van der Waals surface area contributed by atoms with E-state index in [1.54, 1.807) is 24.3 Å². The SMILES string of the molecule is COc1cc(OC)c(/C=N\NC(=O)c2ccccc2O)c(OC)c1. The van der Waals surface area contributed by atoms with Gasteiger partial charge < -0.3 is 19.3 Å². The van der Waals surface area contributed by atoms with E-state index < -0.39 is 5.91 Å². The third-order valence-corrected chi connectivity index (χ3v) is 3.26. The lowest BCUT2D eigenvalue weighted by molar-refractivity contribution is 0.0952. The summed E-state index contributed by atoms with van der Waals surface area (Å²) < 4.78 is 15.7. The van der Waals surface area contributed by atoms with E-state index in [9.17, 15) is 9.90 Å². The number of phenols is 1. The van der Waals surface area contributed by atoms with Gasteiger partial charge in [0.05, 0.1) is 38.7 Å². The quantitative estimate of drug-likeness (QED) is 0.626. The van der Waals surface area contributed by atoms with Gasteiger partial charge in [0, 0.05) is 12.1 Å². The number of hydrogen-bond donors (Lipinski definition) is 2. The number of carbonyl (C=O) groups excluding carboxylic acids is 1. The van der Waals surface area contributed by atoms with E-state index in [1.807, 2.05) is 0 Å². The van der Waals surface area contributed by atoms with E-state index in [0.717, 1.165) is 0 Å². The number of phenolic OH excluding ortho intramolecular Hbond substituents is 1. The first-order chi connectivity index (χ1) is 11.6. The second-order valence-corrected chi connectivity index (χ2v) is 4.66. The smallest absolute Gasteiger partial charge is 0.275 e. The molecule has 7 heteroatoms. The van der Waals surface area contributed by atoms with Crippen molar-refractivity contribution in [3.05, 3.63) is 47.5 Å². The van der Waals surface area contributed by atoms with Crippen LogP contribution >= 0.6 is 0 Å². The minimum absolute atomic E-state index is 0.121. The number of methoxy groups -OCH3 is 3. The van der Waals surface area contributed by atoms with E-state index in [-0.39, 0.29) is 11.3 Å². The fraction of sp³-hybridized carbons (Fsp3) is 0.176. The molecule has 0 saturated heterocycles. The fourth-order valence-corrected chi connectivity index (χ4v) is 2.04. The average molecular weight is 330 g/mol. The Morgan fingerprint density at radius 1 is 1.08 bits per heavy atom. The Morgan fingerprint density at radius 3 is 2.25 bits per heavy atom. The Labute approximate surface area is 139 Å². The van der Waals surface area contributed by atoms with Gasteiger partial charge in [0.2, 0.25) is 0 Å². The number of rotatable bonds is 6. The Balaban J connectivity index is 2.23. The number of para-hydroxylation sites is 1. The van der Waals surface area contributed by atoms with Crippen molar-refractivity contribution in [2.75, 3.05) is 21.3 Å². The molecule has 0 spiro atoms. The molecule has 0 unspecified atom stereocenters. The highest BCUT2D eigenvalue weighted by atomic mass is 16.5.